The Morgan fingerprint density at radius 1 is 1.69 bits per heavy atom. The molecule has 1 aliphatic carbocycles. The SMILES string of the molecule is Cn1cccc1C1(CC(=O)O)CC1. The lowest BCUT2D eigenvalue weighted by Gasteiger charge is -2.13. The van der Waals surface area contributed by atoms with Gasteiger partial charge >= 0.3 is 5.97 Å². The minimum absolute atomic E-state index is 0.0515. The molecule has 2 rings (SSSR count). The van der Waals surface area contributed by atoms with Gasteiger partial charge in [-0.15, -0.1) is 0 Å². The van der Waals surface area contributed by atoms with Crippen LogP contribution in [0.3, 0.4) is 0 Å². The minimum atomic E-state index is -0.696. The lowest BCUT2D eigenvalue weighted by molar-refractivity contribution is -0.137. The Morgan fingerprint density at radius 2 is 2.38 bits per heavy atom. The van der Waals surface area contributed by atoms with Gasteiger partial charge in [0.05, 0.1) is 6.42 Å². The summed E-state index contributed by atoms with van der Waals surface area (Å²) >= 11 is 0. The van der Waals surface area contributed by atoms with E-state index in [2.05, 4.69) is 0 Å². The first-order valence-corrected chi connectivity index (χ1v) is 4.48. The molecule has 1 N–H and O–H groups in total. The standard InChI is InChI=1S/C10H13NO2/c1-11-6-2-3-8(11)10(4-5-10)7-9(12)13/h2-3,6H,4-5,7H2,1H3,(H,12,13). The van der Waals surface area contributed by atoms with Crippen LogP contribution in [0.15, 0.2) is 18.3 Å². The summed E-state index contributed by atoms with van der Waals surface area (Å²) < 4.78 is 2.02. The van der Waals surface area contributed by atoms with Gasteiger partial charge in [-0.2, -0.15) is 0 Å². The third kappa shape index (κ3) is 1.34. The molecule has 0 saturated heterocycles. The van der Waals surface area contributed by atoms with Gasteiger partial charge < -0.3 is 9.67 Å². The Balaban J connectivity index is 2.25. The molecule has 0 atom stereocenters. The average Bonchev–Trinajstić information content (AvgIpc) is 2.65. The Bertz CT molecular complexity index is 336. The Labute approximate surface area is 77.0 Å². The maximum atomic E-state index is 10.7. The Morgan fingerprint density at radius 3 is 2.77 bits per heavy atom. The molecule has 1 aliphatic rings. The van der Waals surface area contributed by atoms with Crippen molar-refractivity contribution in [2.45, 2.75) is 24.7 Å². The van der Waals surface area contributed by atoms with E-state index in [1.54, 1.807) is 0 Å². The maximum Gasteiger partial charge on any atom is 0.304 e. The van der Waals surface area contributed by atoms with Crippen molar-refractivity contribution in [2.24, 2.45) is 7.05 Å². The highest BCUT2D eigenvalue weighted by molar-refractivity contribution is 5.69. The number of nitrogens with zero attached hydrogens (tertiary/aromatic N) is 1. The number of carboxylic acid groups (broad SMARTS) is 1. The van der Waals surface area contributed by atoms with Gasteiger partial charge in [0.1, 0.15) is 0 Å². The van der Waals surface area contributed by atoms with Crippen LogP contribution < -0.4 is 0 Å². The minimum Gasteiger partial charge on any atom is -0.481 e. The summed E-state index contributed by atoms with van der Waals surface area (Å²) in [6, 6.07) is 3.99. The fourth-order valence-electron chi connectivity index (χ4n) is 1.98. The molecule has 1 aromatic rings. The number of hydrogen-bond acceptors (Lipinski definition) is 1. The molecule has 0 spiro atoms. The van der Waals surface area contributed by atoms with Gasteiger partial charge in [0.25, 0.3) is 0 Å². The second-order valence-electron chi connectivity index (χ2n) is 3.86. The van der Waals surface area contributed by atoms with Crippen molar-refractivity contribution >= 4 is 5.97 Å². The van der Waals surface area contributed by atoms with Gasteiger partial charge in [0.15, 0.2) is 0 Å². The molecule has 0 unspecified atom stereocenters. The molecule has 0 radical (unpaired) electrons. The molecule has 3 nitrogen and oxygen atoms in total. The fourth-order valence-corrected chi connectivity index (χ4v) is 1.98. The molecule has 1 aromatic heterocycles. The zero-order valence-corrected chi connectivity index (χ0v) is 7.66. The smallest absolute Gasteiger partial charge is 0.304 e. The van der Waals surface area contributed by atoms with Crippen LogP contribution in [0.1, 0.15) is 25.0 Å². The lowest BCUT2D eigenvalue weighted by atomic mass is 9.98. The number of carboxylic acids is 1. The summed E-state index contributed by atoms with van der Waals surface area (Å²) in [6.07, 6.45) is 4.26. The van der Waals surface area contributed by atoms with E-state index in [1.807, 2.05) is 29.9 Å². The van der Waals surface area contributed by atoms with Crippen molar-refractivity contribution in [1.82, 2.24) is 4.57 Å². The monoisotopic (exact) mass is 179 g/mol. The van der Waals surface area contributed by atoms with Gasteiger partial charge in [-0.05, 0) is 25.0 Å². The molecule has 1 fully saturated rings. The number of carbonyl (C=O) groups is 1. The van der Waals surface area contributed by atoms with E-state index in [-0.39, 0.29) is 11.8 Å². The molecular formula is C10H13NO2. The summed E-state index contributed by atoms with van der Waals surface area (Å²) in [5, 5.41) is 8.77. The largest absolute Gasteiger partial charge is 0.481 e. The summed E-state index contributed by atoms with van der Waals surface area (Å²) in [5.74, 6) is -0.696. The quantitative estimate of drug-likeness (QED) is 0.764. The van der Waals surface area contributed by atoms with Gasteiger partial charge in [-0.25, -0.2) is 0 Å². The lowest BCUT2D eigenvalue weighted by Crippen LogP contribution is -2.16. The second kappa shape index (κ2) is 2.62. The first-order valence-electron chi connectivity index (χ1n) is 4.48. The van der Waals surface area contributed by atoms with Crippen LogP contribution in [-0.2, 0) is 17.3 Å². The summed E-state index contributed by atoms with van der Waals surface area (Å²) in [4.78, 5) is 10.7. The van der Waals surface area contributed by atoms with Crippen molar-refractivity contribution in [3.63, 3.8) is 0 Å². The highest BCUT2D eigenvalue weighted by atomic mass is 16.4. The van der Waals surface area contributed by atoms with Gasteiger partial charge in [-0.1, -0.05) is 0 Å². The highest BCUT2D eigenvalue weighted by Crippen LogP contribution is 2.50. The van der Waals surface area contributed by atoms with Crippen molar-refractivity contribution in [2.75, 3.05) is 0 Å². The van der Waals surface area contributed by atoms with E-state index < -0.39 is 5.97 Å². The van der Waals surface area contributed by atoms with Crippen LogP contribution in [-0.4, -0.2) is 15.6 Å². The van der Waals surface area contributed by atoms with Gasteiger partial charge in [0, 0.05) is 24.4 Å². The number of aryl methyl sites for hydroxylation is 1. The van der Waals surface area contributed by atoms with E-state index in [4.69, 9.17) is 5.11 Å². The van der Waals surface area contributed by atoms with Crippen LogP contribution in [0.25, 0.3) is 0 Å². The van der Waals surface area contributed by atoms with Gasteiger partial charge in [0.2, 0.25) is 0 Å². The molecule has 0 amide bonds. The van der Waals surface area contributed by atoms with Crippen LogP contribution in [0, 0.1) is 0 Å². The summed E-state index contributed by atoms with van der Waals surface area (Å²) in [6.45, 7) is 0. The number of aromatic nitrogens is 1. The van der Waals surface area contributed by atoms with E-state index in [1.165, 1.54) is 0 Å². The predicted octanol–water partition coefficient (Wildman–Crippen LogP) is 1.53. The van der Waals surface area contributed by atoms with Crippen LogP contribution >= 0.6 is 0 Å². The van der Waals surface area contributed by atoms with Crippen LogP contribution in [0.4, 0.5) is 0 Å². The van der Waals surface area contributed by atoms with E-state index in [0.717, 1.165) is 18.5 Å². The zero-order chi connectivity index (χ0) is 9.47. The normalized spacial score (nSPS) is 18.5. The fraction of sp³-hybridized carbons (Fsp3) is 0.500. The van der Waals surface area contributed by atoms with Crippen molar-refractivity contribution in [1.29, 1.82) is 0 Å². The Kier molecular flexibility index (Phi) is 1.68. The molecule has 3 heteroatoms. The van der Waals surface area contributed by atoms with E-state index in [0.29, 0.717) is 0 Å². The third-order valence-corrected chi connectivity index (χ3v) is 2.83. The topological polar surface area (TPSA) is 42.2 Å². The second-order valence-corrected chi connectivity index (χ2v) is 3.86. The molecule has 0 bridgehead atoms. The van der Waals surface area contributed by atoms with Crippen LogP contribution in [0.5, 0.6) is 0 Å². The zero-order valence-electron chi connectivity index (χ0n) is 7.66. The van der Waals surface area contributed by atoms with Crippen molar-refractivity contribution in [3.8, 4) is 0 Å². The molecule has 70 valence electrons. The van der Waals surface area contributed by atoms with Gasteiger partial charge in [-0.3, -0.25) is 4.79 Å². The molecule has 0 aliphatic heterocycles. The Hall–Kier alpha value is -1.25. The van der Waals surface area contributed by atoms with E-state index >= 15 is 0 Å². The van der Waals surface area contributed by atoms with Crippen LogP contribution in [0.2, 0.25) is 0 Å². The first kappa shape index (κ1) is 8.35. The van der Waals surface area contributed by atoms with Crippen molar-refractivity contribution < 1.29 is 9.90 Å². The maximum absolute atomic E-state index is 10.7. The average molecular weight is 179 g/mol. The number of rotatable bonds is 3. The highest BCUT2D eigenvalue weighted by Gasteiger charge is 2.47. The number of aliphatic carboxylic acids is 1. The summed E-state index contributed by atoms with van der Waals surface area (Å²) in [5.41, 5.74) is 1.11. The van der Waals surface area contributed by atoms with E-state index in [9.17, 15) is 4.79 Å². The third-order valence-electron chi connectivity index (χ3n) is 2.83. The molecule has 0 aromatic carbocycles. The summed E-state index contributed by atoms with van der Waals surface area (Å²) in [7, 11) is 1.97. The predicted molar refractivity (Wildman–Crippen MR) is 48.6 cm³/mol. The van der Waals surface area contributed by atoms with Crippen molar-refractivity contribution in [3.05, 3.63) is 24.0 Å². The molecule has 13 heavy (non-hydrogen) atoms. The molecular weight excluding hydrogens is 166 g/mol. The molecule has 1 saturated carbocycles. The first-order chi connectivity index (χ1) is 6.14. The molecule has 1 heterocycles. The number of hydrogen-bond donors (Lipinski definition) is 1.